The predicted molar refractivity (Wildman–Crippen MR) is 70.3 cm³/mol. The van der Waals surface area contributed by atoms with E-state index in [0.29, 0.717) is 24.3 Å². The number of hydrogen-bond donors (Lipinski definition) is 2. The van der Waals surface area contributed by atoms with Gasteiger partial charge in [0.2, 0.25) is 0 Å². The number of aryl methyl sites for hydroxylation is 1. The molecule has 0 bridgehead atoms. The molecule has 19 heavy (non-hydrogen) atoms. The third kappa shape index (κ3) is 3.05. The number of aliphatic carboxylic acids is 1. The molecular weight excluding hydrogens is 246 g/mol. The highest BCUT2D eigenvalue weighted by molar-refractivity contribution is 5.97. The summed E-state index contributed by atoms with van der Waals surface area (Å²) >= 11 is 0. The summed E-state index contributed by atoms with van der Waals surface area (Å²) in [6, 6.07) is 5.55. The van der Waals surface area contributed by atoms with E-state index in [0.717, 1.165) is 5.56 Å². The fourth-order valence-electron chi connectivity index (χ4n) is 1.92. The molecule has 1 heterocycles. The quantitative estimate of drug-likeness (QED) is 0.871. The van der Waals surface area contributed by atoms with Crippen molar-refractivity contribution < 1.29 is 19.4 Å². The van der Waals surface area contributed by atoms with E-state index in [1.54, 1.807) is 13.8 Å². The predicted octanol–water partition coefficient (Wildman–Crippen LogP) is 2.06. The Balaban J connectivity index is 2.07. The lowest BCUT2D eigenvalue weighted by Gasteiger charge is -2.23. The van der Waals surface area contributed by atoms with Gasteiger partial charge in [-0.15, -0.1) is 0 Å². The molecule has 1 amide bonds. The molecule has 1 aromatic rings. The van der Waals surface area contributed by atoms with Gasteiger partial charge < -0.3 is 15.2 Å². The number of ether oxygens (including phenoxy) is 1. The van der Waals surface area contributed by atoms with Gasteiger partial charge in [-0.05, 0) is 37.5 Å². The molecule has 2 unspecified atom stereocenters. The number of nitrogens with one attached hydrogen (secondary N) is 1. The maximum absolute atomic E-state index is 11.5. The molecule has 0 saturated carbocycles. The summed E-state index contributed by atoms with van der Waals surface area (Å²) in [6.07, 6.45) is 0.747. The molecule has 1 aliphatic rings. The van der Waals surface area contributed by atoms with Crippen molar-refractivity contribution in [3.8, 4) is 5.75 Å². The molecule has 1 aromatic carbocycles. The Labute approximate surface area is 111 Å². The molecule has 2 rings (SSSR count). The van der Waals surface area contributed by atoms with Crippen LogP contribution in [0, 0.1) is 5.92 Å². The van der Waals surface area contributed by atoms with Crippen LogP contribution in [0.2, 0.25) is 0 Å². The van der Waals surface area contributed by atoms with Crippen LogP contribution >= 0.6 is 0 Å². The second kappa shape index (κ2) is 5.30. The second-order valence-corrected chi connectivity index (χ2v) is 4.86. The van der Waals surface area contributed by atoms with Gasteiger partial charge in [-0.2, -0.15) is 0 Å². The van der Waals surface area contributed by atoms with Gasteiger partial charge >= 0.3 is 5.97 Å². The summed E-state index contributed by atoms with van der Waals surface area (Å²) in [5, 5.41) is 11.6. The van der Waals surface area contributed by atoms with E-state index in [1.807, 2.05) is 18.2 Å². The van der Waals surface area contributed by atoms with Crippen LogP contribution in [0.25, 0.3) is 0 Å². The van der Waals surface area contributed by atoms with Gasteiger partial charge in [-0.3, -0.25) is 9.59 Å². The fourth-order valence-corrected chi connectivity index (χ4v) is 1.92. The fraction of sp³-hybridized carbons (Fsp3) is 0.429. The Morgan fingerprint density at radius 2 is 2.26 bits per heavy atom. The van der Waals surface area contributed by atoms with E-state index in [-0.39, 0.29) is 11.8 Å². The Morgan fingerprint density at radius 1 is 1.53 bits per heavy atom. The first kappa shape index (κ1) is 13.4. The smallest absolute Gasteiger partial charge is 0.306 e. The zero-order valence-corrected chi connectivity index (χ0v) is 11.0. The summed E-state index contributed by atoms with van der Waals surface area (Å²) in [7, 11) is 0. The SMILES string of the molecule is CC(CCc1ccc2c(c1)NC(=O)C(C)O2)C(=O)O. The van der Waals surface area contributed by atoms with E-state index in [2.05, 4.69) is 5.32 Å². The number of fused-ring (bicyclic) bond motifs is 1. The number of rotatable bonds is 4. The Hall–Kier alpha value is -2.04. The monoisotopic (exact) mass is 263 g/mol. The Kier molecular flexibility index (Phi) is 3.74. The molecule has 0 spiro atoms. The van der Waals surface area contributed by atoms with Crippen LogP contribution in [0.3, 0.4) is 0 Å². The van der Waals surface area contributed by atoms with Crippen molar-refractivity contribution in [2.45, 2.75) is 32.8 Å². The number of anilines is 1. The van der Waals surface area contributed by atoms with Crippen LogP contribution in [0.1, 0.15) is 25.8 Å². The number of benzene rings is 1. The molecule has 0 aliphatic carbocycles. The third-order valence-corrected chi connectivity index (χ3v) is 3.26. The zero-order valence-electron chi connectivity index (χ0n) is 11.0. The van der Waals surface area contributed by atoms with E-state index in [9.17, 15) is 9.59 Å². The molecule has 0 fully saturated rings. The molecular formula is C14H17NO4. The minimum absolute atomic E-state index is 0.163. The summed E-state index contributed by atoms with van der Waals surface area (Å²) in [4.78, 5) is 22.3. The Morgan fingerprint density at radius 3 is 2.95 bits per heavy atom. The molecule has 5 heteroatoms. The van der Waals surface area contributed by atoms with Crippen LogP contribution in [0.5, 0.6) is 5.75 Å². The van der Waals surface area contributed by atoms with E-state index < -0.39 is 12.1 Å². The minimum atomic E-state index is -0.788. The lowest BCUT2D eigenvalue weighted by atomic mass is 10.0. The number of carboxylic acid groups (broad SMARTS) is 1. The average molecular weight is 263 g/mol. The van der Waals surface area contributed by atoms with Crippen LogP contribution in [0.4, 0.5) is 5.69 Å². The maximum atomic E-state index is 11.5. The highest BCUT2D eigenvalue weighted by Crippen LogP contribution is 2.30. The van der Waals surface area contributed by atoms with E-state index in [4.69, 9.17) is 9.84 Å². The lowest BCUT2D eigenvalue weighted by Crippen LogP contribution is -2.34. The first-order valence-corrected chi connectivity index (χ1v) is 6.30. The molecule has 102 valence electrons. The van der Waals surface area contributed by atoms with E-state index in [1.165, 1.54) is 0 Å². The number of carboxylic acids is 1. The highest BCUT2D eigenvalue weighted by atomic mass is 16.5. The van der Waals surface area contributed by atoms with Gasteiger partial charge in [0.15, 0.2) is 6.10 Å². The zero-order chi connectivity index (χ0) is 14.0. The first-order chi connectivity index (χ1) is 8.97. The van der Waals surface area contributed by atoms with Crippen molar-refractivity contribution in [3.05, 3.63) is 23.8 Å². The normalized spacial score (nSPS) is 19.1. The summed E-state index contributed by atoms with van der Waals surface area (Å²) in [6.45, 7) is 3.38. The second-order valence-electron chi connectivity index (χ2n) is 4.86. The number of carbonyl (C=O) groups excluding carboxylic acids is 1. The molecule has 5 nitrogen and oxygen atoms in total. The maximum Gasteiger partial charge on any atom is 0.306 e. The van der Waals surface area contributed by atoms with Crippen molar-refractivity contribution in [1.29, 1.82) is 0 Å². The van der Waals surface area contributed by atoms with Crippen LogP contribution in [-0.4, -0.2) is 23.1 Å². The lowest BCUT2D eigenvalue weighted by molar-refractivity contribution is -0.141. The van der Waals surface area contributed by atoms with Crippen molar-refractivity contribution in [3.63, 3.8) is 0 Å². The van der Waals surface area contributed by atoms with Gasteiger partial charge in [0.1, 0.15) is 5.75 Å². The van der Waals surface area contributed by atoms with Crippen LogP contribution in [0.15, 0.2) is 18.2 Å². The van der Waals surface area contributed by atoms with Crippen molar-refractivity contribution in [1.82, 2.24) is 0 Å². The van der Waals surface area contributed by atoms with Gasteiger partial charge in [-0.1, -0.05) is 13.0 Å². The van der Waals surface area contributed by atoms with Crippen LogP contribution < -0.4 is 10.1 Å². The van der Waals surface area contributed by atoms with Crippen molar-refractivity contribution in [2.24, 2.45) is 5.92 Å². The summed E-state index contributed by atoms with van der Waals surface area (Å²) in [5.74, 6) is -0.670. The Bertz CT molecular complexity index is 512. The van der Waals surface area contributed by atoms with Gasteiger partial charge in [0.05, 0.1) is 11.6 Å². The standard InChI is InChI=1S/C14H17NO4/c1-8(14(17)18)3-4-10-5-6-12-11(7-10)15-13(16)9(2)19-12/h5-9H,3-4H2,1-2H3,(H,15,16)(H,17,18). The topological polar surface area (TPSA) is 75.6 Å². The number of hydrogen-bond acceptors (Lipinski definition) is 3. The van der Waals surface area contributed by atoms with Gasteiger partial charge in [0, 0.05) is 0 Å². The minimum Gasteiger partial charge on any atom is -0.481 e. The van der Waals surface area contributed by atoms with Crippen molar-refractivity contribution in [2.75, 3.05) is 5.32 Å². The molecule has 2 atom stereocenters. The van der Waals surface area contributed by atoms with Gasteiger partial charge in [0.25, 0.3) is 5.91 Å². The average Bonchev–Trinajstić information content (AvgIpc) is 2.37. The highest BCUT2D eigenvalue weighted by Gasteiger charge is 2.23. The molecule has 0 saturated heterocycles. The number of carbonyl (C=O) groups is 2. The van der Waals surface area contributed by atoms with E-state index >= 15 is 0 Å². The third-order valence-electron chi connectivity index (χ3n) is 3.26. The number of amides is 1. The van der Waals surface area contributed by atoms with Crippen molar-refractivity contribution >= 4 is 17.6 Å². The van der Waals surface area contributed by atoms with Gasteiger partial charge in [-0.25, -0.2) is 0 Å². The molecule has 0 aromatic heterocycles. The molecule has 1 aliphatic heterocycles. The van der Waals surface area contributed by atoms with Crippen LogP contribution in [-0.2, 0) is 16.0 Å². The summed E-state index contributed by atoms with van der Waals surface area (Å²) in [5.41, 5.74) is 1.65. The molecule has 0 radical (unpaired) electrons. The first-order valence-electron chi connectivity index (χ1n) is 6.30. The molecule has 2 N–H and O–H groups in total. The summed E-state index contributed by atoms with van der Waals surface area (Å²) < 4.78 is 5.46. The largest absolute Gasteiger partial charge is 0.481 e.